The molecule has 3 aromatic carbocycles. The van der Waals surface area contributed by atoms with Crippen molar-refractivity contribution in [2.24, 2.45) is 11.5 Å². The van der Waals surface area contributed by atoms with E-state index in [0.717, 1.165) is 71.1 Å². The molecule has 1 unspecified atom stereocenters. The first kappa shape index (κ1) is 31.8. The summed E-state index contributed by atoms with van der Waals surface area (Å²) in [6.07, 6.45) is 4.87. The molecule has 3 aromatic rings. The van der Waals surface area contributed by atoms with Crippen molar-refractivity contribution in [2.45, 2.75) is 44.7 Å². The number of para-hydroxylation sites is 1. The highest BCUT2D eigenvalue weighted by atomic mass is 35.5. The lowest BCUT2D eigenvalue weighted by atomic mass is 10.0. The number of hydrogen-bond donors (Lipinski definition) is 3. The number of carbonyl (C=O) groups excluding carboxylic acids is 1. The minimum atomic E-state index is 0. The predicted molar refractivity (Wildman–Crippen MR) is 158 cm³/mol. The highest BCUT2D eigenvalue weighted by Crippen LogP contribution is 2.41. The van der Waals surface area contributed by atoms with Crippen LogP contribution in [0, 0.1) is 0 Å². The third-order valence-electron chi connectivity index (χ3n) is 6.43. The monoisotopic (exact) mass is 554 g/mol. The molecule has 36 heavy (non-hydrogen) atoms. The Labute approximate surface area is 232 Å². The average Bonchev–Trinajstić information content (AvgIpc) is 3.11. The second-order valence-electron chi connectivity index (χ2n) is 8.67. The number of unbranched alkanes of at least 4 members (excludes halogenated alkanes) is 1. The molecule has 0 radical (unpaired) electrons. The molecule has 0 fully saturated rings. The van der Waals surface area contributed by atoms with Crippen molar-refractivity contribution in [3.8, 4) is 5.75 Å². The quantitative estimate of drug-likeness (QED) is 0.241. The van der Waals surface area contributed by atoms with E-state index in [2.05, 4.69) is 29.6 Å². The molecule has 0 aromatic heterocycles. The largest absolute Gasteiger partial charge is 0.496 e. The van der Waals surface area contributed by atoms with Gasteiger partial charge in [-0.3, -0.25) is 4.79 Å². The first-order valence-electron chi connectivity index (χ1n) is 11.8. The van der Waals surface area contributed by atoms with Crippen LogP contribution < -0.4 is 26.4 Å². The number of anilines is 2. The standard InChI is InChI=1S/C27H34N4O2.3ClH/c1-33-25-13-3-2-8-19(25)18-30-23-14-15-24-26-21(23)11-6-12-22(26)27(32)31(24)17-7-10-20(29)9-4-5-16-28;;;/h2-3,6,8,11-15,20,30H,4-5,7,9-10,16-18,28-29H2,1H3;3*1H. The van der Waals surface area contributed by atoms with Gasteiger partial charge in [0, 0.05) is 46.7 Å². The van der Waals surface area contributed by atoms with E-state index in [9.17, 15) is 4.79 Å². The molecule has 1 aliphatic rings. The first-order valence-corrected chi connectivity index (χ1v) is 11.8. The molecule has 0 aliphatic carbocycles. The van der Waals surface area contributed by atoms with E-state index >= 15 is 0 Å². The average molecular weight is 556 g/mol. The molecule has 1 heterocycles. The fourth-order valence-corrected chi connectivity index (χ4v) is 4.67. The van der Waals surface area contributed by atoms with Gasteiger partial charge in [-0.25, -0.2) is 0 Å². The van der Waals surface area contributed by atoms with E-state index in [1.807, 2.05) is 35.2 Å². The summed E-state index contributed by atoms with van der Waals surface area (Å²) in [5.41, 5.74) is 15.7. The molecule has 198 valence electrons. The number of nitrogens with one attached hydrogen (secondary N) is 1. The third-order valence-corrected chi connectivity index (χ3v) is 6.43. The van der Waals surface area contributed by atoms with Crippen LogP contribution in [0.4, 0.5) is 11.4 Å². The number of ether oxygens (including phenoxy) is 1. The molecule has 0 saturated heterocycles. The van der Waals surface area contributed by atoms with Gasteiger partial charge in [0.25, 0.3) is 5.91 Å². The van der Waals surface area contributed by atoms with Crippen molar-refractivity contribution < 1.29 is 9.53 Å². The summed E-state index contributed by atoms with van der Waals surface area (Å²) in [7, 11) is 1.69. The summed E-state index contributed by atoms with van der Waals surface area (Å²) >= 11 is 0. The van der Waals surface area contributed by atoms with Crippen molar-refractivity contribution in [2.75, 3.05) is 30.4 Å². The highest BCUT2D eigenvalue weighted by Gasteiger charge is 2.30. The molecular weight excluding hydrogens is 519 g/mol. The van der Waals surface area contributed by atoms with E-state index in [1.54, 1.807) is 7.11 Å². The van der Waals surface area contributed by atoms with E-state index in [4.69, 9.17) is 16.2 Å². The Morgan fingerprint density at radius 3 is 2.44 bits per heavy atom. The minimum Gasteiger partial charge on any atom is -0.496 e. The molecule has 4 rings (SSSR count). The van der Waals surface area contributed by atoms with Crippen molar-refractivity contribution in [1.82, 2.24) is 0 Å². The molecule has 1 atom stereocenters. The van der Waals surface area contributed by atoms with Gasteiger partial charge < -0.3 is 26.4 Å². The zero-order valence-electron chi connectivity index (χ0n) is 20.6. The van der Waals surface area contributed by atoms with E-state index in [0.29, 0.717) is 19.6 Å². The summed E-state index contributed by atoms with van der Waals surface area (Å²) in [4.78, 5) is 15.1. The molecule has 6 nitrogen and oxygen atoms in total. The van der Waals surface area contributed by atoms with Crippen molar-refractivity contribution in [3.63, 3.8) is 0 Å². The maximum Gasteiger partial charge on any atom is 0.258 e. The maximum absolute atomic E-state index is 13.2. The molecule has 0 bridgehead atoms. The van der Waals surface area contributed by atoms with Crippen LogP contribution in [0.2, 0.25) is 0 Å². The number of methoxy groups -OCH3 is 1. The van der Waals surface area contributed by atoms with Crippen LogP contribution in [-0.4, -0.2) is 32.1 Å². The van der Waals surface area contributed by atoms with Crippen LogP contribution in [0.3, 0.4) is 0 Å². The topological polar surface area (TPSA) is 93.6 Å². The third kappa shape index (κ3) is 6.96. The van der Waals surface area contributed by atoms with E-state index in [-0.39, 0.29) is 49.2 Å². The Hall–Kier alpha value is -2.22. The SMILES string of the molecule is COc1ccccc1CNc1ccc2c3c(cccc13)C(=O)N2CCCC(N)CCCCN.Cl.Cl.Cl. The number of rotatable bonds is 12. The van der Waals surface area contributed by atoms with Crippen LogP contribution in [0.25, 0.3) is 10.8 Å². The minimum absolute atomic E-state index is 0. The Bertz CT molecular complexity index is 1130. The van der Waals surface area contributed by atoms with Crippen molar-refractivity contribution in [3.05, 3.63) is 65.7 Å². The highest BCUT2D eigenvalue weighted by molar-refractivity contribution is 6.26. The number of benzene rings is 3. The number of nitrogens with two attached hydrogens (primary N) is 2. The number of amides is 1. The number of nitrogens with zero attached hydrogens (tertiary/aromatic N) is 1. The lowest BCUT2D eigenvalue weighted by Gasteiger charge is -2.20. The second-order valence-corrected chi connectivity index (χ2v) is 8.67. The van der Waals surface area contributed by atoms with Gasteiger partial charge in [-0.05, 0) is 56.5 Å². The van der Waals surface area contributed by atoms with Crippen LogP contribution in [0.5, 0.6) is 5.75 Å². The smallest absolute Gasteiger partial charge is 0.258 e. The molecular formula is C27H37Cl3N4O2. The molecule has 5 N–H and O–H groups in total. The second kappa shape index (κ2) is 15.1. The summed E-state index contributed by atoms with van der Waals surface area (Å²) < 4.78 is 5.47. The summed E-state index contributed by atoms with van der Waals surface area (Å²) in [6, 6.07) is 18.3. The lowest BCUT2D eigenvalue weighted by Crippen LogP contribution is -2.29. The number of carbonyl (C=O) groups is 1. The van der Waals surface area contributed by atoms with Gasteiger partial charge in [0.2, 0.25) is 0 Å². The van der Waals surface area contributed by atoms with Gasteiger partial charge >= 0.3 is 0 Å². The Morgan fingerprint density at radius 2 is 1.69 bits per heavy atom. The van der Waals surface area contributed by atoms with Crippen LogP contribution in [-0.2, 0) is 6.54 Å². The zero-order chi connectivity index (χ0) is 23.2. The van der Waals surface area contributed by atoms with Crippen molar-refractivity contribution >= 4 is 65.3 Å². The van der Waals surface area contributed by atoms with Gasteiger partial charge in [0.05, 0.1) is 12.8 Å². The fourth-order valence-electron chi connectivity index (χ4n) is 4.67. The molecule has 0 spiro atoms. The summed E-state index contributed by atoms with van der Waals surface area (Å²) in [5.74, 6) is 0.938. The fraction of sp³-hybridized carbons (Fsp3) is 0.370. The Balaban J connectivity index is 0.00000216. The van der Waals surface area contributed by atoms with E-state index < -0.39 is 0 Å². The van der Waals surface area contributed by atoms with Crippen LogP contribution in [0.1, 0.15) is 48.0 Å². The van der Waals surface area contributed by atoms with E-state index in [1.165, 1.54) is 0 Å². The summed E-state index contributed by atoms with van der Waals surface area (Å²) in [5, 5.41) is 5.63. The molecule has 0 saturated carbocycles. The van der Waals surface area contributed by atoms with Gasteiger partial charge in [-0.1, -0.05) is 36.8 Å². The Kier molecular flexibility index (Phi) is 13.4. The Morgan fingerprint density at radius 1 is 0.944 bits per heavy atom. The van der Waals surface area contributed by atoms with Crippen molar-refractivity contribution in [1.29, 1.82) is 0 Å². The molecule has 9 heteroatoms. The normalized spacial score (nSPS) is 12.4. The van der Waals surface area contributed by atoms with Gasteiger partial charge in [-0.15, -0.1) is 37.2 Å². The molecule has 1 aliphatic heterocycles. The van der Waals surface area contributed by atoms with Gasteiger partial charge in [0.1, 0.15) is 5.75 Å². The van der Waals surface area contributed by atoms with Gasteiger partial charge in [-0.2, -0.15) is 0 Å². The summed E-state index contributed by atoms with van der Waals surface area (Å²) in [6.45, 7) is 2.04. The zero-order valence-corrected chi connectivity index (χ0v) is 23.0. The maximum atomic E-state index is 13.2. The number of halogens is 3. The lowest BCUT2D eigenvalue weighted by molar-refractivity contribution is 0.0992. The molecule has 1 amide bonds. The van der Waals surface area contributed by atoms with Crippen LogP contribution in [0.15, 0.2) is 54.6 Å². The number of hydrogen-bond acceptors (Lipinski definition) is 5. The van der Waals surface area contributed by atoms with Gasteiger partial charge in [0.15, 0.2) is 0 Å². The predicted octanol–water partition coefficient (Wildman–Crippen LogP) is 5.92. The first-order chi connectivity index (χ1) is 16.1. The van der Waals surface area contributed by atoms with Crippen LogP contribution >= 0.6 is 37.2 Å².